The van der Waals surface area contributed by atoms with E-state index in [9.17, 15) is 0 Å². The summed E-state index contributed by atoms with van der Waals surface area (Å²) in [5.74, 6) is 1.50. The second-order valence-corrected chi connectivity index (χ2v) is 4.27. The molecule has 0 bridgehead atoms. The zero-order valence-electron chi connectivity index (χ0n) is 10.6. The van der Waals surface area contributed by atoms with Gasteiger partial charge in [-0.1, -0.05) is 43.4 Å². The summed E-state index contributed by atoms with van der Waals surface area (Å²) in [5.41, 5.74) is 2.74. The molecule has 1 atom stereocenters. The molecule has 1 nitrogen and oxygen atoms in total. The second kappa shape index (κ2) is 5.72. The lowest BCUT2D eigenvalue weighted by Crippen LogP contribution is -2.03. The van der Waals surface area contributed by atoms with Crippen molar-refractivity contribution in [2.75, 3.05) is 6.61 Å². The van der Waals surface area contributed by atoms with Crippen LogP contribution in [0.2, 0.25) is 0 Å². The molecule has 90 valence electrons. The first-order chi connectivity index (χ1) is 8.36. The van der Waals surface area contributed by atoms with Crippen LogP contribution < -0.4 is 4.74 Å². The Labute approximate surface area is 104 Å². The van der Waals surface area contributed by atoms with Gasteiger partial charge in [0.15, 0.2) is 0 Å². The maximum atomic E-state index is 5.73. The topological polar surface area (TPSA) is 9.23 Å². The summed E-state index contributed by atoms with van der Waals surface area (Å²) in [5, 5.41) is 0. The van der Waals surface area contributed by atoms with Gasteiger partial charge in [0.25, 0.3) is 0 Å². The van der Waals surface area contributed by atoms with Crippen LogP contribution in [0.25, 0.3) is 0 Å². The summed E-state index contributed by atoms with van der Waals surface area (Å²) < 4.78 is 5.73. The highest BCUT2D eigenvalue weighted by Gasteiger charge is 2.18. The Hall–Kier alpha value is -1.50. The fourth-order valence-corrected chi connectivity index (χ4v) is 2.43. The fraction of sp³-hybridized carbons (Fsp3) is 0.375. The van der Waals surface area contributed by atoms with E-state index in [1.807, 2.05) is 13.0 Å². The average Bonchev–Trinajstić information content (AvgIpc) is 2.86. The quantitative estimate of drug-likeness (QED) is 0.722. The van der Waals surface area contributed by atoms with Crippen molar-refractivity contribution in [2.45, 2.75) is 32.6 Å². The molecular weight excluding hydrogens is 208 g/mol. The van der Waals surface area contributed by atoms with Crippen LogP contribution in [0.3, 0.4) is 0 Å². The predicted molar refractivity (Wildman–Crippen MR) is 72.5 cm³/mol. The SMILES string of the molecule is CCOc1ccccc1C(CC)C1=CCC=C1. The van der Waals surface area contributed by atoms with Crippen LogP contribution >= 0.6 is 0 Å². The number of ether oxygens (including phenoxy) is 1. The third kappa shape index (κ3) is 2.60. The number of benzene rings is 1. The lowest BCUT2D eigenvalue weighted by molar-refractivity contribution is 0.335. The Bertz CT molecular complexity index is 429. The summed E-state index contributed by atoms with van der Waals surface area (Å²) in [6.07, 6.45) is 8.97. The Balaban J connectivity index is 2.33. The minimum Gasteiger partial charge on any atom is -0.494 e. The zero-order chi connectivity index (χ0) is 12.1. The van der Waals surface area contributed by atoms with Crippen molar-refractivity contribution >= 4 is 0 Å². The molecule has 1 aromatic carbocycles. The molecule has 1 unspecified atom stereocenters. The summed E-state index contributed by atoms with van der Waals surface area (Å²) in [4.78, 5) is 0. The van der Waals surface area contributed by atoms with Gasteiger partial charge in [0, 0.05) is 11.5 Å². The Morgan fingerprint density at radius 1 is 1.24 bits per heavy atom. The van der Waals surface area contributed by atoms with Crippen molar-refractivity contribution in [1.29, 1.82) is 0 Å². The van der Waals surface area contributed by atoms with Gasteiger partial charge in [-0.2, -0.15) is 0 Å². The highest BCUT2D eigenvalue weighted by molar-refractivity contribution is 5.45. The third-order valence-corrected chi connectivity index (χ3v) is 3.20. The molecule has 17 heavy (non-hydrogen) atoms. The monoisotopic (exact) mass is 228 g/mol. The second-order valence-electron chi connectivity index (χ2n) is 4.27. The van der Waals surface area contributed by atoms with Gasteiger partial charge < -0.3 is 4.74 Å². The van der Waals surface area contributed by atoms with Gasteiger partial charge in [0.2, 0.25) is 0 Å². The minimum absolute atomic E-state index is 0.469. The highest BCUT2D eigenvalue weighted by atomic mass is 16.5. The number of hydrogen-bond acceptors (Lipinski definition) is 1. The molecule has 0 N–H and O–H groups in total. The van der Waals surface area contributed by atoms with Crippen LogP contribution in [-0.2, 0) is 0 Å². The fourth-order valence-electron chi connectivity index (χ4n) is 2.43. The van der Waals surface area contributed by atoms with E-state index in [1.54, 1.807) is 0 Å². The molecule has 0 saturated heterocycles. The Morgan fingerprint density at radius 2 is 2.06 bits per heavy atom. The van der Waals surface area contributed by atoms with Crippen LogP contribution in [-0.4, -0.2) is 6.61 Å². The van der Waals surface area contributed by atoms with Crippen LogP contribution in [0.5, 0.6) is 5.75 Å². The van der Waals surface area contributed by atoms with E-state index >= 15 is 0 Å². The first-order valence-corrected chi connectivity index (χ1v) is 6.45. The van der Waals surface area contributed by atoms with E-state index in [-0.39, 0.29) is 0 Å². The lowest BCUT2D eigenvalue weighted by atomic mass is 9.89. The number of rotatable bonds is 5. The molecule has 0 saturated carbocycles. The van der Waals surface area contributed by atoms with Gasteiger partial charge in [-0.3, -0.25) is 0 Å². The number of para-hydroxylation sites is 1. The zero-order valence-corrected chi connectivity index (χ0v) is 10.6. The molecule has 0 fully saturated rings. The summed E-state index contributed by atoms with van der Waals surface area (Å²) in [6, 6.07) is 8.40. The van der Waals surface area contributed by atoms with Crippen molar-refractivity contribution in [2.24, 2.45) is 0 Å². The van der Waals surface area contributed by atoms with Crippen molar-refractivity contribution in [1.82, 2.24) is 0 Å². The number of hydrogen-bond donors (Lipinski definition) is 0. The smallest absolute Gasteiger partial charge is 0.123 e. The van der Waals surface area contributed by atoms with E-state index < -0.39 is 0 Å². The maximum Gasteiger partial charge on any atom is 0.123 e. The van der Waals surface area contributed by atoms with Crippen LogP contribution in [0.15, 0.2) is 48.1 Å². The van der Waals surface area contributed by atoms with E-state index in [0.717, 1.165) is 25.2 Å². The van der Waals surface area contributed by atoms with Gasteiger partial charge >= 0.3 is 0 Å². The van der Waals surface area contributed by atoms with Crippen LogP contribution in [0.1, 0.15) is 38.2 Å². The standard InChI is InChI=1S/C16H20O/c1-3-14(13-9-5-6-10-13)15-11-7-8-12-16(15)17-4-2/h5,7-12,14H,3-4,6H2,1-2H3. The Kier molecular flexibility index (Phi) is 4.03. The minimum atomic E-state index is 0.469. The van der Waals surface area contributed by atoms with Crippen LogP contribution in [0, 0.1) is 0 Å². The maximum absolute atomic E-state index is 5.73. The van der Waals surface area contributed by atoms with Crippen molar-refractivity contribution in [3.63, 3.8) is 0 Å². The van der Waals surface area contributed by atoms with E-state index in [2.05, 4.69) is 43.4 Å². The van der Waals surface area contributed by atoms with E-state index in [0.29, 0.717) is 5.92 Å². The average molecular weight is 228 g/mol. The molecule has 1 aromatic rings. The molecule has 0 aliphatic heterocycles. The molecule has 1 heteroatoms. The summed E-state index contributed by atoms with van der Waals surface area (Å²) in [7, 11) is 0. The van der Waals surface area contributed by atoms with E-state index in [1.165, 1.54) is 11.1 Å². The normalized spacial score (nSPS) is 15.8. The first kappa shape index (κ1) is 12.0. The molecule has 0 heterocycles. The molecule has 0 spiro atoms. The third-order valence-electron chi connectivity index (χ3n) is 3.20. The summed E-state index contributed by atoms with van der Waals surface area (Å²) >= 11 is 0. The van der Waals surface area contributed by atoms with Gasteiger partial charge in [-0.05, 0) is 31.4 Å². The predicted octanol–water partition coefficient (Wildman–Crippen LogP) is 4.47. The van der Waals surface area contributed by atoms with Crippen molar-refractivity contribution in [3.05, 3.63) is 53.6 Å². The molecule has 1 aliphatic rings. The van der Waals surface area contributed by atoms with Crippen molar-refractivity contribution < 1.29 is 4.74 Å². The first-order valence-electron chi connectivity index (χ1n) is 6.45. The Morgan fingerprint density at radius 3 is 2.71 bits per heavy atom. The van der Waals surface area contributed by atoms with Gasteiger partial charge in [0.1, 0.15) is 5.75 Å². The lowest BCUT2D eigenvalue weighted by Gasteiger charge is -2.19. The molecule has 2 rings (SSSR count). The van der Waals surface area contributed by atoms with Crippen molar-refractivity contribution in [3.8, 4) is 5.75 Å². The molecule has 0 amide bonds. The molecule has 0 aromatic heterocycles. The van der Waals surface area contributed by atoms with E-state index in [4.69, 9.17) is 4.74 Å². The van der Waals surface area contributed by atoms with Crippen LogP contribution in [0.4, 0.5) is 0 Å². The summed E-state index contributed by atoms with van der Waals surface area (Å²) in [6.45, 7) is 5.00. The van der Waals surface area contributed by atoms with Gasteiger partial charge in [-0.25, -0.2) is 0 Å². The van der Waals surface area contributed by atoms with Gasteiger partial charge in [0.05, 0.1) is 6.61 Å². The van der Waals surface area contributed by atoms with Gasteiger partial charge in [-0.15, -0.1) is 0 Å². The number of allylic oxidation sites excluding steroid dienone is 4. The highest BCUT2D eigenvalue weighted by Crippen LogP contribution is 2.36. The molecular formula is C16H20O. The molecule has 0 radical (unpaired) electrons. The molecule has 1 aliphatic carbocycles. The largest absolute Gasteiger partial charge is 0.494 e.